The van der Waals surface area contributed by atoms with Crippen molar-refractivity contribution < 1.29 is 14.3 Å². The van der Waals surface area contributed by atoms with Gasteiger partial charge in [-0.15, -0.1) is 0 Å². The molecule has 7 atom stereocenters. The Morgan fingerprint density at radius 3 is 2.51 bits per heavy atom. The third-order valence-electron chi connectivity index (χ3n) is 11.4. The molecule has 3 saturated carbocycles. The Bertz CT molecular complexity index is 938. The van der Waals surface area contributed by atoms with Crippen LogP contribution in [-0.4, -0.2) is 12.3 Å². The zero-order chi connectivity index (χ0) is 25.9. The lowest BCUT2D eigenvalue weighted by molar-refractivity contribution is -0.0538. The monoisotopic (exact) mass is 506 g/mol. The molecule has 0 spiro atoms. The van der Waals surface area contributed by atoms with E-state index in [0.29, 0.717) is 11.2 Å². The van der Waals surface area contributed by atoms with Crippen LogP contribution < -0.4 is 4.74 Å². The van der Waals surface area contributed by atoms with E-state index in [1.807, 2.05) is 18.2 Å². The first kappa shape index (κ1) is 26.8. The van der Waals surface area contributed by atoms with Crippen LogP contribution in [0.25, 0.3) is 0 Å². The Hall–Kier alpha value is -1.77. The van der Waals surface area contributed by atoms with Gasteiger partial charge in [0.15, 0.2) is 0 Å². The van der Waals surface area contributed by atoms with Gasteiger partial charge in [-0.25, -0.2) is 4.79 Å². The number of carbonyl (C=O) groups excluding carboxylic acids is 1. The number of hydrogen-bond donors (Lipinski definition) is 0. The van der Waals surface area contributed by atoms with E-state index in [1.165, 1.54) is 77.0 Å². The summed E-state index contributed by atoms with van der Waals surface area (Å²) < 4.78 is 11.2. The molecule has 3 heteroatoms. The minimum Gasteiger partial charge on any atom is -0.430 e. The van der Waals surface area contributed by atoms with E-state index < -0.39 is 6.16 Å². The molecule has 4 aliphatic carbocycles. The predicted octanol–water partition coefficient (Wildman–Crippen LogP) is 9.90. The summed E-state index contributed by atoms with van der Waals surface area (Å²) in [5, 5.41) is 0. The first-order valence-corrected chi connectivity index (χ1v) is 15.6. The topological polar surface area (TPSA) is 35.5 Å². The van der Waals surface area contributed by atoms with Crippen LogP contribution in [0.1, 0.15) is 117 Å². The van der Waals surface area contributed by atoms with Gasteiger partial charge in [-0.05, 0) is 98.0 Å². The fraction of sp³-hybridized carbons (Fsp3) is 0.735. The molecule has 204 valence electrons. The van der Waals surface area contributed by atoms with E-state index in [4.69, 9.17) is 9.47 Å². The summed E-state index contributed by atoms with van der Waals surface area (Å²) in [6.07, 6.45) is 21.8. The number of benzene rings is 1. The van der Waals surface area contributed by atoms with E-state index in [2.05, 4.69) is 26.8 Å². The molecule has 0 heterocycles. The van der Waals surface area contributed by atoms with Crippen molar-refractivity contribution in [2.45, 2.75) is 123 Å². The summed E-state index contributed by atoms with van der Waals surface area (Å²) in [7, 11) is 0. The van der Waals surface area contributed by atoms with Crippen molar-refractivity contribution in [2.24, 2.45) is 34.5 Å². The zero-order valence-electron chi connectivity index (χ0n) is 23.7. The zero-order valence-corrected chi connectivity index (χ0v) is 23.7. The Morgan fingerprint density at radius 2 is 1.70 bits per heavy atom. The molecule has 3 fully saturated rings. The van der Waals surface area contributed by atoms with Gasteiger partial charge in [-0.1, -0.05) is 89.1 Å². The standard InChI is InChI=1S/C34H50O3/c1-4-5-6-7-8-10-13-25-17-19-30-29-18-16-26-24-28(37-32(35)36-27-14-11-9-12-15-27)20-22-34(26,3)31(29)21-23-33(25,30)2/h9,11-12,14-16,25,28-31H,4-8,10,13,17-24H2,1-3H3/t25-,28+,29+,30-,31-,33-,34+/m1/s1. The number of para-hydroxylation sites is 1. The number of unbranched alkanes of at least 4 members (excludes halogenated alkanes) is 5. The predicted molar refractivity (Wildman–Crippen MR) is 151 cm³/mol. The van der Waals surface area contributed by atoms with Crippen LogP contribution in [0.3, 0.4) is 0 Å². The lowest BCUT2D eigenvalue weighted by atomic mass is 9.47. The molecular weight excluding hydrogens is 456 g/mol. The lowest BCUT2D eigenvalue weighted by Crippen LogP contribution is -2.50. The van der Waals surface area contributed by atoms with Gasteiger partial charge in [0.25, 0.3) is 0 Å². The van der Waals surface area contributed by atoms with Crippen LogP contribution in [0.15, 0.2) is 42.0 Å². The van der Waals surface area contributed by atoms with Crippen molar-refractivity contribution >= 4 is 6.16 Å². The first-order valence-electron chi connectivity index (χ1n) is 15.6. The second-order valence-electron chi connectivity index (χ2n) is 13.3. The van der Waals surface area contributed by atoms with Crippen molar-refractivity contribution in [3.05, 3.63) is 42.0 Å². The van der Waals surface area contributed by atoms with E-state index in [1.54, 1.807) is 17.7 Å². The van der Waals surface area contributed by atoms with Gasteiger partial charge >= 0.3 is 6.16 Å². The van der Waals surface area contributed by atoms with Crippen LogP contribution in [0.5, 0.6) is 5.75 Å². The highest BCUT2D eigenvalue weighted by Crippen LogP contribution is 2.66. The molecule has 5 rings (SSSR count). The Balaban J connectivity index is 1.18. The maximum Gasteiger partial charge on any atom is 0.514 e. The normalized spacial score (nSPS) is 36.6. The van der Waals surface area contributed by atoms with Gasteiger partial charge in [0.2, 0.25) is 0 Å². The van der Waals surface area contributed by atoms with E-state index in [0.717, 1.165) is 42.9 Å². The Morgan fingerprint density at radius 1 is 0.919 bits per heavy atom. The number of allylic oxidation sites excluding steroid dienone is 1. The molecule has 37 heavy (non-hydrogen) atoms. The molecule has 0 bridgehead atoms. The Kier molecular flexibility index (Phi) is 8.37. The third kappa shape index (κ3) is 5.52. The second-order valence-corrected chi connectivity index (χ2v) is 13.3. The highest BCUT2D eigenvalue weighted by Gasteiger charge is 2.58. The van der Waals surface area contributed by atoms with Crippen molar-refractivity contribution in [3.8, 4) is 5.75 Å². The summed E-state index contributed by atoms with van der Waals surface area (Å²) in [5.74, 6) is 4.05. The van der Waals surface area contributed by atoms with Crippen molar-refractivity contribution in [3.63, 3.8) is 0 Å². The van der Waals surface area contributed by atoms with Gasteiger partial charge in [0.05, 0.1) is 0 Å². The molecule has 0 radical (unpaired) electrons. The minimum absolute atomic E-state index is 0.0610. The van der Waals surface area contributed by atoms with E-state index >= 15 is 0 Å². The number of carbonyl (C=O) groups is 1. The molecule has 3 nitrogen and oxygen atoms in total. The molecule has 0 aromatic heterocycles. The highest BCUT2D eigenvalue weighted by molar-refractivity contribution is 5.64. The minimum atomic E-state index is -0.565. The summed E-state index contributed by atoms with van der Waals surface area (Å²) in [6, 6.07) is 9.24. The van der Waals surface area contributed by atoms with Crippen LogP contribution >= 0.6 is 0 Å². The second kappa shape index (κ2) is 11.5. The molecule has 1 aromatic rings. The number of ether oxygens (including phenoxy) is 2. The third-order valence-corrected chi connectivity index (χ3v) is 11.4. The number of rotatable bonds is 9. The summed E-state index contributed by atoms with van der Waals surface area (Å²) in [4.78, 5) is 12.4. The fourth-order valence-electron chi connectivity index (χ4n) is 9.23. The lowest BCUT2D eigenvalue weighted by Gasteiger charge is -2.58. The summed E-state index contributed by atoms with van der Waals surface area (Å²) in [5.41, 5.74) is 2.40. The molecule has 4 aliphatic rings. The van der Waals surface area contributed by atoms with Crippen molar-refractivity contribution in [2.75, 3.05) is 0 Å². The maximum absolute atomic E-state index is 12.4. The average Bonchev–Trinajstić information content (AvgIpc) is 3.23. The van der Waals surface area contributed by atoms with Gasteiger partial charge in [-0.2, -0.15) is 0 Å². The smallest absolute Gasteiger partial charge is 0.430 e. The molecule has 0 unspecified atom stereocenters. The maximum atomic E-state index is 12.4. The summed E-state index contributed by atoms with van der Waals surface area (Å²) >= 11 is 0. The van der Waals surface area contributed by atoms with Gasteiger partial charge < -0.3 is 9.47 Å². The van der Waals surface area contributed by atoms with Gasteiger partial charge in [0.1, 0.15) is 11.9 Å². The SMILES string of the molecule is CCCCCCCC[C@@H]1CC[C@@H]2[C@@H]3CC=C4C[C@@H](OC(=O)Oc5ccccc5)CC[C@]4(C)[C@@H]3CC[C@]12C. The van der Waals surface area contributed by atoms with Crippen molar-refractivity contribution in [1.29, 1.82) is 0 Å². The summed E-state index contributed by atoms with van der Waals surface area (Å²) in [6.45, 7) is 7.52. The van der Waals surface area contributed by atoms with Crippen LogP contribution in [-0.2, 0) is 4.74 Å². The Labute approximate surface area is 225 Å². The van der Waals surface area contributed by atoms with Crippen LogP contribution in [0.4, 0.5) is 4.79 Å². The van der Waals surface area contributed by atoms with Crippen LogP contribution in [0.2, 0.25) is 0 Å². The molecule has 0 amide bonds. The van der Waals surface area contributed by atoms with Gasteiger partial charge in [0, 0.05) is 6.42 Å². The number of fused-ring (bicyclic) bond motifs is 5. The molecule has 0 saturated heterocycles. The number of hydrogen-bond acceptors (Lipinski definition) is 3. The largest absolute Gasteiger partial charge is 0.514 e. The highest BCUT2D eigenvalue weighted by atomic mass is 16.7. The van der Waals surface area contributed by atoms with E-state index in [9.17, 15) is 4.79 Å². The molecular formula is C34H50O3. The fourth-order valence-corrected chi connectivity index (χ4v) is 9.23. The van der Waals surface area contributed by atoms with Gasteiger partial charge in [-0.3, -0.25) is 0 Å². The molecule has 1 aromatic carbocycles. The molecule has 0 N–H and O–H groups in total. The molecule has 0 aliphatic heterocycles. The first-order chi connectivity index (χ1) is 17.9. The van der Waals surface area contributed by atoms with Crippen LogP contribution in [0, 0.1) is 34.5 Å². The average molecular weight is 507 g/mol. The quantitative estimate of drug-likeness (QED) is 0.145. The van der Waals surface area contributed by atoms with E-state index in [-0.39, 0.29) is 11.5 Å². The van der Waals surface area contributed by atoms with Crippen molar-refractivity contribution in [1.82, 2.24) is 0 Å².